The normalized spacial score (nSPS) is 13.8. The standard InChI is InChI=1S/C10H17NO/c1-7(2)8(3)5-10-6-9(4)12-11-10/h6-8H,5H2,1-4H3. The van der Waals surface area contributed by atoms with Gasteiger partial charge in [0, 0.05) is 6.07 Å². The summed E-state index contributed by atoms with van der Waals surface area (Å²) in [7, 11) is 0. The van der Waals surface area contributed by atoms with Crippen LogP contribution < -0.4 is 0 Å². The van der Waals surface area contributed by atoms with Crippen LogP contribution in [0.25, 0.3) is 0 Å². The fraction of sp³-hybridized carbons (Fsp3) is 0.700. The summed E-state index contributed by atoms with van der Waals surface area (Å²) >= 11 is 0. The quantitative estimate of drug-likeness (QED) is 0.691. The molecule has 2 nitrogen and oxygen atoms in total. The second kappa shape index (κ2) is 3.74. The van der Waals surface area contributed by atoms with E-state index in [2.05, 4.69) is 25.9 Å². The molecule has 1 heterocycles. The molecule has 0 radical (unpaired) electrons. The predicted molar refractivity (Wildman–Crippen MR) is 48.9 cm³/mol. The Morgan fingerprint density at radius 2 is 2.08 bits per heavy atom. The summed E-state index contributed by atoms with van der Waals surface area (Å²) in [5.41, 5.74) is 1.08. The molecule has 0 spiro atoms. The molecule has 68 valence electrons. The van der Waals surface area contributed by atoms with E-state index in [4.69, 9.17) is 4.52 Å². The highest BCUT2D eigenvalue weighted by molar-refractivity contribution is 5.04. The fourth-order valence-corrected chi connectivity index (χ4v) is 1.08. The van der Waals surface area contributed by atoms with Gasteiger partial charge >= 0.3 is 0 Å². The molecule has 2 heteroatoms. The Kier molecular flexibility index (Phi) is 2.90. The molecule has 0 aliphatic heterocycles. The van der Waals surface area contributed by atoms with Crippen LogP contribution in [0.2, 0.25) is 0 Å². The Labute approximate surface area is 74.0 Å². The first kappa shape index (κ1) is 9.30. The maximum atomic E-state index is 5.00. The molecule has 0 saturated carbocycles. The van der Waals surface area contributed by atoms with E-state index in [9.17, 15) is 0 Å². The van der Waals surface area contributed by atoms with Crippen molar-refractivity contribution in [2.45, 2.75) is 34.1 Å². The van der Waals surface area contributed by atoms with E-state index >= 15 is 0 Å². The zero-order valence-corrected chi connectivity index (χ0v) is 8.29. The molecule has 0 N–H and O–H groups in total. The molecule has 0 amide bonds. The molecule has 1 rings (SSSR count). The zero-order chi connectivity index (χ0) is 9.14. The van der Waals surface area contributed by atoms with Crippen molar-refractivity contribution in [3.63, 3.8) is 0 Å². The lowest BCUT2D eigenvalue weighted by molar-refractivity contribution is 0.369. The van der Waals surface area contributed by atoms with Crippen LogP contribution in [0.3, 0.4) is 0 Å². The summed E-state index contributed by atoms with van der Waals surface area (Å²) in [6.07, 6.45) is 1.02. The summed E-state index contributed by atoms with van der Waals surface area (Å²) in [5.74, 6) is 2.29. The van der Waals surface area contributed by atoms with Crippen LogP contribution in [0.15, 0.2) is 10.6 Å². The SMILES string of the molecule is Cc1cc(CC(C)C(C)C)no1. The average Bonchev–Trinajstić information content (AvgIpc) is 2.35. The van der Waals surface area contributed by atoms with Crippen molar-refractivity contribution in [1.29, 1.82) is 0 Å². The summed E-state index contributed by atoms with van der Waals surface area (Å²) in [4.78, 5) is 0. The Hall–Kier alpha value is -0.790. The van der Waals surface area contributed by atoms with Gasteiger partial charge in [-0.15, -0.1) is 0 Å². The van der Waals surface area contributed by atoms with Gasteiger partial charge in [0.2, 0.25) is 0 Å². The average molecular weight is 167 g/mol. The summed E-state index contributed by atoms with van der Waals surface area (Å²) in [6, 6.07) is 2.01. The molecule has 0 aliphatic carbocycles. The van der Waals surface area contributed by atoms with Crippen molar-refractivity contribution < 1.29 is 4.52 Å². The lowest BCUT2D eigenvalue weighted by atomic mass is 9.93. The third-order valence-electron chi connectivity index (χ3n) is 2.35. The van der Waals surface area contributed by atoms with E-state index in [1.807, 2.05) is 13.0 Å². The van der Waals surface area contributed by atoms with Gasteiger partial charge in [-0.2, -0.15) is 0 Å². The smallest absolute Gasteiger partial charge is 0.133 e. The van der Waals surface area contributed by atoms with Crippen molar-refractivity contribution in [3.8, 4) is 0 Å². The van der Waals surface area contributed by atoms with Crippen molar-refractivity contribution in [2.75, 3.05) is 0 Å². The van der Waals surface area contributed by atoms with Gasteiger partial charge in [-0.1, -0.05) is 25.9 Å². The minimum absolute atomic E-state index is 0.675. The van der Waals surface area contributed by atoms with Gasteiger partial charge in [0.1, 0.15) is 5.76 Å². The highest BCUT2D eigenvalue weighted by atomic mass is 16.5. The number of rotatable bonds is 3. The predicted octanol–water partition coefficient (Wildman–Crippen LogP) is 2.82. The Bertz CT molecular complexity index is 240. The van der Waals surface area contributed by atoms with E-state index < -0.39 is 0 Å². The van der Waals surface area contributed by atoms with Crippen LogP contribution in [0.5, 0.6) is 0 Å². The molecular formula is C10H17NO. The summed E-state index contributed by atoms with van der Waals surface area (Å²) in [5, 5.41) is 3.96. The molecule has 1 aromatic heterocycles. The number of aryl methyl sites for hydroxylation is 1. The second-order valence-electron chi connectivity index (χ2n) is 3.85. The highest BCUT2D eigenvalue weighted by Gasteiger charge is 2.10. The van der Waals surface area contributed by atoms with E-state index in [1.165, 1.54) is 0 Å². The van der Waals surface area contributed by atoms with Crippen molar-refractivity contribution in [3.05, 3.63) is 17.5 Å². The first-order valence-corrected chi connectivity index (χ1v) is 4.51. The van der Waals surface area contributed by atoms with Crippen LogP contribution in [0.4, 0.5) is 0 Å². The van der Waals surface area contributed by atoms with Crippen LogP contribution in [-0.2, 0) is 6.42 Å². The zero-order valence-electron chi connectivity index (χ0n) is 8.29. The minimum atomic E-state index is 0.675. The van der Waals surface area contributed by atoms with Gasteiger partial charge < -0.3 is 4.52 Å². The maximum absolute atomic E-state index is 5.00. The monoisotopic (exact) mass is 167 g/mol. The molecule has 0 bridgehead atoms. The minimum Gasteiger partial charge on any atom is -0.361 e. The Morgan fingerprint density at radius 3 is 2.50 bits per heavy atom. The van der Waals surface area contributed by atoms with E-state index in [1.54, 1.807) is 0 Å². The van der Waals surface area contributed by atoms with Crippen LogP contribution in [-0.4, -0.2) is 5.16 Å². The molecule has 1 atom stereocenters. The van der Waals surface area contributed by atoms with Gasteiger partial charge in [-0.25, -0.2) is 0 Å². The lowest BCUT2D eigenvalue weighted by Gasteiger charge is -2.12. The summed E-state index contributed by atoms with van der Waals surface area (Å²) < 4.78 is 5.00. The van der Waals surface area contributed by atoms with Crippen LogP contribution in [0.1, 0.15) is 32.2 Å². The number of hydrogen-bond donors (Lipinski definition) is 0. The first-order valence-electron chi connectivity index (χ1n) is 4.51. The molecule has 0 saturated heterocycles. The number of nitrogens with zero attached hydrogens (tertiary/aromatic N) is 1. The maximum Gasteiger partial charge on any atom is 0.133 e. The number of aromatic nitrogens is 1. The van der Waals surface area contributed by atoms with Gasteiger partial charge in [0.05, 0.1) is 5.69 Å². The Morgan fingerprint density at radius 1 is 1.42 bits per heavy atom. The lowest BCUT2D eigenvalue weighted by Crippen LogP contribution is -2.07. The fourth-order valence-electron chi connectivity index (χ4n) is 1.08. The molecular weight excluding hydrogens is 150 g/mol. The topological polar surface area (TPSA) is 26.0 Å². The second-order valence-corrected chi connectivity index (χ2v) is 3.85. The van der Waals surface area contributed by atoms with E-state index in [0.717, 1.165) is 17.9 Å². The molecule has 0 fully saturated rings. The molecule has 1 unspecified atom stereocenters. The molecule has 0 aromatic carbocycles. The van der Waals surface area contributed by atoms with Crippen molar-refractivity contribution >= 4 is 0 Å². The van der Waals surface area contributed by atoms with Crippen molar-refractivity contribution in [2.24, 2.45) is 11.8 Å². The van der Waals surface area contributed by atoms with Gasteiger partial charge in [-0.05, 0) is 25.2 Å². The molecule has 12 heavy (non-hydrogen) atoms. The van der Waals surface area contributed by atoms with Gasteiger partial charge in [0.25, 0.3) is 0 Å². The van der Waals surface area contributed by atoms with E-state index in [0.29, 0.717) is 11.8 Å². The van der Waals surface area contributed by atoms with Gasteiger partial charge in [0.15, 0.2) is 0 Å². The van der Waals surface area contributed by atoms with Crippen molar-refractivity contribution in [1.82, 2.24) is 5.16 Å². The van der Waals surface area contributed by atoms with Crippen LogP contribution >= 0.6 is 0 Å². The largest absolute Gasteiger partial charge is 0.361 e. The molecule has 0 aliphatic rings. The summed E-state index contributed by atoms with van der Waals surface area (Å²) in [6.45, 7) is 8.64. The van der Waals surface area contributed by atoms with E-state index in [-0.39, 0.29) is 0 Å². The third kappa shape index (κ3) is 2.36. The Balaban J connectivity index is 2.52. The van der Waals surface area contributed by atoms with Crippen LogP contribution in [0, 0.1) is 18.8 Å². The third-order valence-corrected chi connectivity index (χ3v) is 2.35. The van der Waals surface area contributed by atoms with Gasteiger partial charge in [-0.3, -0.25) is 0 Å². The highest BCUT2D eigenvalue weighted by Crippen LogP contribution is 2.15. The number of hydrogen-bond acceptors (Lipinski definition) is 2. The molecule has 1 aromatic rings. The first-order chi connectivity index (χ1) is 5.59.